The van der Waals surface area contributed by atoms with E-state index in [1.807, 2.05) is 50.2 Å². The molecule has 4 aromatic rings. The molecule has 0 atom stereocenters. The van der Waals surface area contributed by atoms with Crippen LogP contribution >= 0.6 is 11.6 Å². The van der Waals surface area contributed by atoms with E-state index < -0.39 is 0 Å². The Morgan fingerprint density at radius 3 is 2.42 bits per heavy atom. The van der Waals surface area contributed by atoms with Gasteiger partial charge in [-0.2, -0.15) is 0 Å². The van der Waals surface area contributed by atoms with Gasteiger partial charge < -0.3 is 14.5 Å². The summed E-state index contributed by atoms with van der Waals surface area (Å²) in [5, 5.41) is 3.30. The highest BCUT2D eigenvalue weighted by Gasteiger charge is 2.14. The van der Waals surface area contributed by atoms with Crippen LogP contribution in [0.4, 0.5) is 5.69 Å². The van der Waals surface area contributed by atoms with Crippen LogP contribution in [0.3, 0.4) is 0 Å². The fourth-order valence-corrected chi connectivity index (χ4v) is 3.18. The Hall–Kier alpha value is -3.57. The fourth-order valence-electron chi connectivity index (χ4n) is 2.99. The van der Waals surface area contributed by atoms with Gasteiger partial charge in [-0.3, -0.25) is 4.79 Å². The zero-order valence-electron chi connectivity index (χ0n) is 17.2. The monoisotopic (exact) mass is 432 g/mol. The first kappa shape index (κ1) is 20.7. The second-order valence-electron chi connectivity index (χ2n) is 7.13. The quantitative estimate of drug-likeness (QED) is 0.380. The molecule has 6 heteroatoms. The molecule has 4 rings (SSSR count). The van der Waals surface area contributed by atoms with Crippen LogP contribution in [-0.4, -0.2) is 10.9 Å². The van der Waals surface area contributed by atoms with Gasteiger partial charge in [0.25, 0.3) is 5.91 Å². The van der Waals surface area contributed by atoms with Gasteiger partial charge in [-0.1, -0.05) is 41.4 Å². The van der Waals surface area contributed by atoms with Gasteiger partial charge in [0.1, 0.15) is 23.8 Å². The molecule has 31 heavy (non-hydrogen) atoms. The molecular formula is C25H21ClN2O3. The molecule has 0 aliphatic rings. The van der Waals surface area contributed by atoms with Crippen molar-refractivity contribution in [3.05, 3.63) is 100 Å². The van der Waals surface area contributed by atoms with E-state index in [4.69, 9.17) is 20.8 Å². The number of hydrogen-bond acceptors (Lipinski definition) is 4. The summed E-state index contributed by atoms with van der Waals surface area (Å²) in [5.74, 6) is 1.72. The number of carbonyl (C=O) groups excluding carboxylic acids is 1. The maximum absolute atomic E-state index is 12.5. The third-order valence-electron chi connectivity index (χ3n) is 4.81. The molecule has 5 nitrogen and oxygen atoms in total. The first-order valence-electron chi connectivity index (χ1n) is 9.82. The average molecular weight is 433 g/mol. The number of halogens is 1. The maximum Gasteiger partial charge on any atom is 0.255 e. The molecule has 156 valence electrons. The molecular weight excluding hydrogens is 412 g/mol. The second-order valence-corrected chi connectivity index (χ2v) is 7.54. The molecule has 0 spiro atoms. The molecule has 0 unspecified atom stereocenters. The lowest BCUT2D eigenvalue weighted by Gasteiger charge is -2.07. The Labute approximate surface area is 185 Å². The van der Waals surface area contributed by atoms with Gasteiger partial charge in [0.05, 0.1) is 10.7 Å². The van der Waals surface area contributed by atoms with Crippen LogP contribution in [-0.2, 0) is 6.61 Å². The van der Waals surface area contributed by atoms with Crippen molar-refractivity contribution in [2.75, 3.05) is 5.32 Å². The summed E-state index contributed by atoms with van der Waals surface area (Å²) in [6.07, 6.45) is 0. The highest BCUT2D eigenvalue weighted by Crippen LogP contribution is 2.25. The van der Waals surface area contributed by atoms with E-state index in [-0.39, 0.29) is 5.91 Å². The van der Waals surface area contributed by atoms with Crippen molar-refractivity contribution in [3.8, 4) is 17.2 Å². The number of aryl methyl sites for hydroxylation is 2. The molecule has 0 aliphatic heterocycles. The normalized spacial score (nSPS) is 10.7. The molecule has 0 saturated heterocycles. The first-order valence-corrected chi connectivity index (χ1v) is 10.2. The zero-order valence-corrected chi connectivity index (χ0v) is 17.9. The van der Waals surface area contributed by atoms with Crippen LogP contribution in [0.1, 0.15) is 27.4 Å². The number of para-hydroxylation sites is 1. The molecule has 0 aliphatic carbocycles. The second kappa shape index (κ2) is 9.06. The van der Waals surface area contributed by atoms with E-state index in [0.29, 0.717) is 34.5 Å². The SMILES string of the molecule is Cc1ccc(OCc2nc(-c3ccc(C(=O)Nc4ccccc4Cl)cc3)oc2C)cc1. The zero-order chi connectivity index (χ0) is 21.8. The predicted octanol–water partition coefficient (Wildman–Crippen LogP) is 6.44. The van der Waals surface area contributed by atoms with Crippen molar-refractivity contribution in [1.82, 2.24) is 4.98 Å². The Morgan fingerprint density at radius 1 is 1.00 bits per heavy atom. The van der Waals surface area contributed by atoms with Crippen molar-refractivity contribution >= 4 is 23.2 Å². The van der Waals surface area contributed by atoms with E-state index in [9.17, 15) is 4.79 Å². The number of anilines is 1. The summed E-state index contributed by atoms with van der Waals surface area (Å²) in [4.78, 5) is 17.0. The van der Waals surface area contributed by atoms with E-state index in [1.54, 1.807) is 36.4 Å². The van der Waals surface area contributed by atoms with Gasteiger partial charge in [-0.25, -0.2) is 4.98 Å². The Bertz CT molecular complexity index is 1200. The Balaban J connectivity index is 1.44. The number of hydrogen-bond donors (Lipinski definition) is 1. The lowest BCUT2D eigenvalue weighted by atomic mass is 10.1. The minimum atomic E-state index is -0.240. The smallest absolute Gasteiger partial charge is 0.255 e. The van der Waals surface area contributed by atoms with Crippen LogP contribution in [0.25, 0.3) is 11.5 Å². The van der Waals surface area contributed by atoms with Crippen LogP contribution in [0, 0.1) is 13.8 Å². The van der Waals surface area contributed by atoms with E-state index in [2.05, 4.69) is 10.3 Å². The predicted molar refractivity (Wildman–Crippen MR) is 122 cm³/mol. The van der Waals surface area contributed by atoms with E-state index >= 15 is 0 Å². The van der Waals surface area contributed by atoms with Gasteiger partial charge in [0.15, 0.2) is 0 Å². The van der Waals surface area contributed by atoms with Crippen molar-refractivity contribution in [2.45, 2.75) is 20.5 Å². The largest absolute Gasteiger partial charge is 0.487 e. The number of ether oxygens (including phenoxy) is 1. The molecule has 1 aromatic heterocycles. The van der Waals surface area contributed by atoms with E-state index in [0.717, 1.165) is 17.0 Å². The van der Waals surface area contributed by atoms with Crippen LogP contribution in [0.15, 0.2) is 77.2 Å². The summed E-state index contributed by atoms with van der Waals surface area (Å²) in [7, 11) is 0. The highest BCUT2D eigenvalue weighted by molar-refractivity contribution is 6.33. The third-order valence-corrected chi connectivity index (χ3v) is 5.13. The highest BCUT2D eigenvalue weighted by atomic mass is 35.5. The summed E-state index contributed by atoms with van der Waals surface area (Å²) in [5.41, 5.74) is 3.76. The van der Waals surface area contributed by atoms with Gasteiger partial charge in [-0.05, 0) is 62.4 Å². The standard InChI is InChI=1S/C25H21ClN2O3/c1-16-7-13-20(14-8-16)30-15-23-17(2)31-25(28-23)19-11-9-18(10-12-19)24(29)27-22-6-4-3-5-21(22)26/h3-14H,15H2,1-2H3,(H,27,29). The average Bonchev–Trinajstić information content (AvgIpc) is 3.15. The molecule has 3 aromatic carbocycles. The van der Waals surface area contributed by atoms with Gasteiger partial charge in [0, 0.05) is 11.1 Å². The number of nitrogens with zero attached hydrogens (tertiary/aromatic N) is 1. The molecule has 0 saturated carbocycles. The molecule has 0 fully saturated rings. The number of carbonyl (C=O) groups is 1. The number of nitrogens with one attached hydrogen (secondary N) is 1. The third kappa shape index (κ3) is 4.95. The summed E-state index contributed by atoms with van der Waals surface area (Å²) in [6, 6.07) is 22.0. The fraction of sp³-hybridized carbons (Fsp3) is 0.120. The summed E-state index contributed by atoms with van der Waals surface area (Å²) < 4.78 is 11.6. The number of amides is 1. The Kier molecular flexibility index (Phi) is 6.05. The number of oxazole rings is 1. The van der Waals surface area contributed by atoms with Gasteiger partial charge in [0.2, 0.25) is 5.89 Å². The molecule has 1 amide bonds. The minimum Gasteiger partial charge on any atom is -0.487 e. The molecule has 0 bridgehead atoms. The number of benzene rings is 3. The lowest BCUT2D eigenvalue weighted by Crippen LogP contribution is -2.11. The maximum atomic E-state index is 12.5. The molecule has 0 radical (unpaired) electrons. The van der Waals surface area contributed by atoms with Gasteiger partial charge >= 0.3 is 0 Å². The van der Waals surface area contributed by atoms with Crippen molar-refractivity contribution in [3.63, 3.8) is 0 Å². The molecule has 1 heterocycles. The van der Waals surface area contributed by atoms with Crippen LogP contribution in [0.5, 0.6) is 5.75 Å². The van der Waals surface area contributed by atoms with Gasteiger partial charge in [-0.15, -0.1) is 0 Å². The van der Waals surface area contributed by atoms with E-state index in [1.165, 1.54) is 5.56 Å². The van der Waals surface area contributed by atoms with Crippen LogP contribution < -0.4 is 10.1 Å². The number of aromatic nitrogens is 1. The van der Waals surface area contributed by atoms with Crippen molar-refractivity contribution in [1.29, 1.82) is 0 Å². The minimum absolute atomic E-state index is 0.240. The Morgan fingerprint density at radius 2 is 1.71 bits per heavy atom. The lowest BCUT2D eigenvalue weighted by molar-refractivity contribution is 0.102. The van der Waals surface area contributed by atoms with Crippen molar-refractivity contribution in [2.24, 2.45) is 0 Å². The summed E-state index contributed by atoms with van der Waals surface area (Å²) >= 11 is 6.10. The van der Waals surface area contributed by atoms with Crippen LogP contribution in [0.2, 0.25) is 5.02 Å². The topological polar surface area (TPSA) is 64.4 Å². The first-order chi connectivity index (χ1) is 15.0. The van der Waals surface area contributed by atoms with Crippen molar-refractivity contribution < 1.29 is 13.9 Å². The summed E-state index contributed by atoms with van der Waals surface area (Å²) in [6.45, 7) is 4.20. The number of rotatable bonds is 6. The molecule has 1 N–H and O–H groups in total.